The van der Waals surface area contributed by atoms with E-state index < -0.39 is 0 Å². The van der Waals surface area contributed by atoms with Gasteiger partial charge in [0.05, 0.1) is 18.6 Å². The molecule has 2 heterocycles. The molecule has 0 saturated carbocycles. The number of ether oxygens (including phenoxy) is 1. The van der Waals surface area contributed by atoms with Crippen molar-refractivity contribution in [2.24, 2.45) is 0 Å². The lowest BCUT2D eigenvalue weighted by atomic mass is 9.87. The van der Waals surface area contributed by atoms with E-state index in [2.05, 4.69) is 29.6 Å². The molecule has 5 heteroatoms. The molecule has 2 amide bonds. The topological polar surface area (TPSA) is 58.6 Å². The third-order valence-corrected chi connectivity index (χ3v) is 6.02. The zero-order chi connectivity index (χ0) is 17.3. The second kappa shape index (κ2) is 6.79. The van der Waals surface area contributed by atoms with Crippen LogP contribution in [0.1, 0.15) is 49.1 Å². The van der Waals surface area contributed by atoms with Crippen molar-refractivity contribution in [1.82, 2.24) is 10.2 Å². The Labute approximate surface area is 148 Å². The Bertz CT molecular complexity index is 665. The third-order valence-electron chi connectivity index (χ3n) is 6.02. The molecule has 1 aromatic carbocycles. The maximum atomic E-state index is 12.8. The van der Waals surface area contributed by atoms with Crippen LogP contribution in [0.15, 0.2) is 24.3 Å². The van der Waals surface area contributed by atoms with Gasteiger partial charge < -0.3 is 15.0 Å². The van der Waals surface area contributed by atoms with E-state index in [1.165, 1.54) is 11.1 Å². The lowest BCUT2D eigenvalue weighted by Gasteiger charge is -2.40. The molecule has 25 heavy (non-hydrogen) atoms. The molecular formula is C20H26N2O3. The Balaban J connectivity index is 1.35. The van der Waals surface area contributed by atoms with E-state index in [1.807, 2.05) is 4.90 Å². The highest BCUT2D eigenvalue weighted by Crippen LogP contribution is 2.37. The fourth-order valence-electron chi connectivity index (χ4n) is 4.55. The van der Waals surface area contributed by atoms with Gasteiger partial charge in [-0.1, -0.05) is 24.3 Å². The molecule has 1 aromatic rings. The van der Waals surface area contributed by atoms with Crippen LogP contribution in [0.25, 0.3) is 0 Å². The normalized spacial score (nSPS) is 25.4. The summed E-state index contributed by atoms with van der Waals surface area (Å²) in [6.07, 6.45) is 4.70. The van der Waals surface area contributed by atoms with Gasteiger partial charge in [-0.05, 0) is 42.7 Å². The number of nitrogens with zero attached hydrogens (tertiary/aromatic N) is 1. The number of benzene rings is 1. The van der Waals surface area contributed by atoms with Gasteiger partial charge in [-0.25, -0.2) is 0 Å². The van der Waals surface area contributed by atoms with Crippen molar-refractivity contribution < 1.29 is 14.3 Å². The van der Waals surface area contributed by atoms with Crippen LogP contribution in [0.4, 0.5) is 0 Å². The molecule has 1 N–H and O–H groups in total. The number of fused-ring (bicyclic) bond motifs is 1. The molecule has 2 fully saturated rings. The van der Waals surface area contributed by atoms with Crippen LogP contribution < -0.4 is 5.32 Å². The lowest BCUT2D eigenvalue weighted by Crippen LogP contribution is -2.49. The Kier molecular flexibility index (Phi) is 4.50. The van der Waals surface area contributed by atoms with Gasteiger partial charge in [0, 0.05) is 26.1 Å². The first-order valence-corrected chi connectivity index (χ1v) is 9.41. The van der Waals surface area contributed by atoms with Crippen LogP contribution >= 0.6 is 0 Å². The monoisotopic (exact) mass is 342 g/mol. The van der Waals surface area contributed by atoms with Crippen molar-refractivity contribution in [3.63, 3.8) is 0 Å². The summed E-state index contributed by atoms with van der Waals surface area (Å²) in [4.78, 5) is 26.6. The van der Waals surface area contributed by atoms with Crippen molar-refractivity contribution in [2.45, 2.75) is 50.0 Å². The number of likely N-dealkylation sites (tertiary alicyclic amines) is 1. The van der Waals surface area contributed by atoms with E-state index in [1.54, 1.807) is 0 Å². The Hall–Kier alpha value is -1.88. The van der Waals surface area contributed by atoms with Gasteiger partial charge >= 0.3 is 0 Å². The maximum Gasteiger partial charge on any atom is 0.223 e. The number of carbonyl (C=O) groups is 2. The lowest BCUT2D eigenvalue weighted by molar-refractivity contribution is -0.140. The van der Waals surface area contributed by atoms with Crippen molar-refractivity contribution >= 4 is 11.8 Å². The predicted octanol–water partition coefficient (Wildman–Crippen LogP) is 2.00. The second-order valence-corrected chi connectivity index (χ2v) is 7.58. The first kappa shape index (κ1) is 16.6. The largest absolute Gasteiger partial charge is 0.372 e. The van der Waals surface area contributed by atoms with Crippen molar-refractivity contribution in [2.75, 3.05) is 26.2 Å². The molecule has 1 atom stereocenters. The van der Waals surface area contributed by atoms with Gasteiger partial charge in [-0.15, -0.1) is 0 Å². The Morgan fingerprint density at radius 2 is 2.08 bits per heavy atom. The van der Waals surface area contributed by atoms with E-state index in [0.717, 1.165) is 25.7 Å². The van der Waals surface area contributed by atoms with E-state index >= 15 is 0 Å². The van der Waals surface area contributed by atoms with E-state index in [9.17, 15) is 9.59 Å². The van der Waals surface area contributed by atoms with Gasteiger partial charge in [0.1, 0.15) is 0 Å². The van der Waals surface area contributed by atoms with Gasteiger partial charge in [0.2, 0.25) is 11.8 Å². The SMILES string of the molecule is O=C1CC2(CCN(C(=O)CC3CCc4ccccc43)CC2)OCCN1. The zero-order valence-electron chi connectivity index (χ0n) is 14.6. The maximum absolute atomic E-state index is 12.8. The molecule has 0 radical (unpaired) electrons. The molecule has 0 aromatic heterocycles. The van der Waals surface area contributed by atoms with Crippen LogP contribution in [-0.2, 0) is 20.7 Å². The summed E-state index contributed by atoms with van der Waals surface area (Å²) < 4.78 is 5.99. The molecule has 4 rings (SSSR count). The molecule has 2 aliphatic heterocycles. The average Bonchev–Trinajstić information content (AvgIpc) is 2.93. The molecule has 5 nitrogen and oxygen atoms in total. The molecule has 134 valence electrons. The third kappa shape index (κ3) is 3.43. The van der Waals surface area contributed by atoms with Crippen molar-refractivity contribution in [1.29, 1.82) is 0 Å². The van der Waals surface area contributed by atoms with E-state index in [-0.39, 0.29) is 17.4 Å². The predicted molar refractivity (Wildman–Crippen MR) is 94.2 cm³/mol. The number of hydrogen-bond acceptors (Lipinski definition) is 3. The number of piperidine rings is 1. The average molecular weight is 342 g/mol. The fraction of sp³-hybridized carbons (Fsp3) is 0.600. The molecular weight excluding hydrogens is 316 g/mol. The van der Waals surface area contributed by atoms with E-state index in [0.29, 0.717) is 45.0 Å². The second-order valence-electron chi connectivity index (χ2n) is 7.58. The summed E-state index contributed by atoms with van der Waals surface area (Å²) >= 11 is 0. The van der Waals surface area contributed by atoms with Crippen LogP contribution in [0.2, 0.25) is 0 Å². The molecule has 1 aliphatic carbocycles. The summed E-state index contributed by atoms with van der Waals surface area (Å²) in [6.45, 7) is 2.55. The minimum atomic E-state index is -0.364. The molecule has 1 spiro atoms. The Morgan fingerprint density at radius 1 is 1.28 bits per heavy atom. The highest BCUT2D eigenvalue weighted by molar-refractivity contribution is 5.78. The molecule has 2 saturated heterocycles. The minimum Gasteiger partial charge on any atom is -0.372 e. The van der Waals surface area contributed by atoms with Crippen molar-refractivity contribution in [3.05, 3.63) is 35.4 Å². The standard InChI is InChI=1S/C20H26N2O3/c23-18-14-20(25-12-9-21-18)7-10-22(11-8-20)19(24)13-16-6-5-15-3-1-2-4-17(15)16/h1-4,16H,5-14H2,(H,21,23). The number of carbonyl (C=O) groups excluding carboxylic acids is 2. The zero-order valence-corrected chi connectivity index (χ0v) is 14.6. The number of nitrogens with one attached hydrogen (secondary N) is 1. The van der Waals surface area contributed by atoms with Crippen LogP contribution in [0.3, 0.4) is 0 Å². The quantitative estimate of drug-likeness (QED) is 0.894. The van der Waals surface area contributed by atoms with Crippen LogP contribution in [0.5, 0.6) is 0 Å². The molecule has 0 bridgehead atoms. The van der Waals surface area contributed by atoms with Gasteiger partial charge in [0.15, 0.2) is 0 Å². The Morgan fingerprint density at radius 3 is 2.92 bits per heavy atom. The number of hydrogen-bond donors (Lipinski definition) is 1. The highest BCUT2D eigenvalue weighted by Gasteiger charge is 2.40. The summed E-state index contributed by atoms with van der Waals surface area (Å²) in [6, 6.07) is 8.50. The fourth-order valence-corrected chi connectivity index (χ4v) is 4.55. The van der Waals surface area contributed by atoms with Gasteiger partial charge in [0.25, 0.3) is 0 Å². The minimum absolute atomic E-state index is 0.0693. The van der Waals surface area contributed by atoms with Gasteiger partial charge in [-0.2, -0.15) is 0 Å². The molecule has 1 unspecified atom stereocenters. The number of aryl methyl sites for hydroxylation is 1. The molecule has 3 aliphatic rings. The van der Waals surface area contributed by atoms with Crippen molar-refractivity contribution in [3.8, 4) is 0 Å². The first-order valence-electron chi connectivity index (χ1n) is 9.41. The first-order chi connectivity index (χ1) is 12.2. The number of amides is 2. The van der Waals surface area contributed by atoms with E-state index in [4.69, 9.17) is 4.74 Å². The summed E-state index contributed by atoms with van der Waals surface area (Å²) in [5, 5.41) is 2.86. The highest BCUT2D eigenvalue weighted by atomic mass is 16.5. The number of rotatable bonds is 2. The summed E-state index contributed by atoms with van der Waals surface area (Å²) in [5.41, 5.74) is 2.39. The van der Waals surface area contributed by atoms with Gasteiger partial charge in [-0.3, -0.25) is 9.59 Å². The van der Waals surface area contributed by atoms with Crippen LogP contribution in [-0.4, -0.2) is 48.6 Å². The van der Waals surface area contributed by atoms with Crippen LogP contribution in [0, 0.1) is 0 Å². The summed E-state index contributed by atoms with van der Waals surface area (Å²) in [7, 11) is 0. The smallest absolute Gasteiger partial charge is 0.223 e. The summed E-state index contributed by atoms with van der Waals surface area (Å²) in [5.74, 6) is 0.675.